The summed E-state index contributed by atoms with van der Waals surface area (Å²) in [6.45, 7) is 0. The smallest absolute Gasteiger partial charge is 0.290 e. The zero-order valence-corrected chi connectivity index (χ0v) is 8.91. The zero-order valence-electron chi connectivity index (χ0n) is 3.94. The Morgan fingerprint density at radius 3 is 2.57 bits per heavy atom. The average Bonchev–Trinajstić information content (AvgIpc) is 1.86. The summed E-state index contributed by atoms with van der Waals surface area (Å²) in [7, 11) is 0. The van der Waals surface area contributed by atoms with Crippen molar-refractivity contribution in [2.24, 2.45) is 0 Å². The van der Waals surface area contributed by atoms with Crippen molar-refractivity contribution in [1.82, 2.24) is 0 Å². The van der Waals surface area contributed by atoms with Crippen LogP contribution in [-0.2, 0) is 0 Å². The molecule has 0 saturated heterocycles. The molecule has 0 unspecified atom stereocenters. The summed E-state index contributed by atoms with van der Waals surface area (Å²) in [4.78, 5) is 0. The van der Waals surface area contributed by atoms with Crippen LogP contribution in [0.1, 0.15) is 0 Å². The second kappa shape index (κ2) is 4.32. The molecule has 0 saturated carbocycles. The third kappa shape index (κ3) is 3.08. The van der Waals surface area contributed by atoms with Gasteiger partial charge in [-0.25, -0.2) is 0 Å². The molecule has 0 aliphatic rings. The number of thiophene rings is 1. The van der Waals surface area contributed by atoms with Gasteiger partial charge in [-0.3, -0.25) is 11.3 Å². The second-order valence-corrected chi connectivity index (χ2v) is 3.63. The number of hydrogen-bond acceptors (Lipinski definition) is 1. The molecule has 0 radical (unpaired) electrons. The van der Waals surface area contributed by atoms with Crippen LogP contribution in [0.25, 0.3) is 0 Å². The molecule has 0 N–H and O–H groups in total. The number of rotatable bonds is 0. The van der Waals surface area contributed by atoms with Gasteiger partial charge < -0.3 is 0 Å². The van der Waals surface area contributed by atoms with Crippen molar-refractivity contribution in [3.8, 4) is 0 Å². The van der Waals surface area contributed by atoms with Crippen LogP contribution in [0.5, 0.6) is 0 Å². The van der Waals surface area contributed by atoms with Crippen LogP contribution in [-0.4, -0.2) is 0 Å². The fourth-order valence-corrected chi connectivity index (χ4v) is 1.17. The summed E-state index contributed by atoms with van der Waals surface area (Å²) >= 11 is 3.90. The molecule has 32 valence electrons. The molecular weight excluding hydrogens is 230 g/mol. The molecule has 1 aromatic heterocycles. The van der Waals surface area contributed by atoms with Crippen molar-refractivity contribution in [2.45, 2.75) is 0 Å². The van der Waals surface area contributed by atoms with E-state index in [0.717, 1.165) is 0 Å². The van der Waals surface area contributed by atoms with Gasteiger partial charge in [0, 0.05) is 0 Å². The molecule has 1 rings (SSSR count). The summed E-state index contributed by atoms with van der Waals surface area (Å²) < 4.78 is 1.30. The molecule has 0 spiro atoms. The van der Waals surface area contributed by atoms with Gasteiger partial charge in [0.1, 0.15) is 0 Å². The Hall–Kier alpha value is 1.43. The first-order valence-electron chi connectivity index (χ1n) is 1.51. The first kappa shape index (κ1) is 8.43. The minimum Gasteiger partial charge on any atom is -0.290 e. The summed E-state index contributed by atoms with van der Waals surface area (Å²) in [5, 5.41) is 2.96. The molecule has 0 aliphatic heterocycles. The summed E-state index contributed by atoms with van der Waals surface area (Å²) in [6, 6.07) is 3.96. The summed E-state index contributed by atoms with van der Waals surface area (Å²) in [5.41, 5.74) is 0. The molecule has 1 heterocycles. The predicted molar refractivity (Wildman–Crippen MR) is 35.9 cm³/mol. The largest absolute Gasteiger partial charge is 1.00 e. The Labute approximate surface area is 82.7 Å². The Kier molecular flexibility index (Phi) is 5.21. The number of halogens is 1. The minimum atomic E-state index is 0. The Morgan fingerprint density at radius 1 is 1.71 bits per heavy atom. The van der Waals surface area contributed by atoms with Crippen LogP contribution >= 0.6 is 33.9 Å². The molecule has 0 bridgehead atoms. The molecule has 0 nitrogen and oxygen atoms in total. The van der Waals surface area contributed by atoms with E-state index in [-0.39, 0.29) is 29.6 Å². The van der Waals surface area contributed by atoms with E-state index < -0.39 is 0 Å². The Balaban J connectivity index is 0.000000360. The molecule has 0 fully saturated rings. The fraction of sp³-hybridized carbons (Fsp3) is 0. The molecule has 3 heteroatoms. The van der Waals surface area contributed by atoms with Crippen LogP contribution in [0.15, 0.2) is 12.1 Å². The third-order valence-corrected chi connectivity index (χ3v) is 2.04. The van der Waals surface area contributed by atoms with Crippen LogP contribution in [0.2, 0.25) is 0 Å². The van der Waals surface area contributed by atoms with Crippen molar-refractivity contribution in [3.05, 3.63) is 20.4 Å². The van der Waals surface area contributed by atoms with E-state index in [0.29, 0.717) is 0 Å². The first-order chi connectivity index (χ1) is 2.89. The first-order valence-corrected chi connectivity index (χ1v) is 3.40. The van der Waals surface area contributed by atoms with Crippen LogP contribution in [0, 0.1) is 8.26 Å². The van der Waals surface area contributed by atoms with Crippen molar-refractivity contribution in [1.29, 1.82) is 0 Å². The molecule has 0 amide bonds. The molecule has 0 atom stereocenters. The van der Waals surface area contributed by atoms with E-state index in [4.69, 9.17) is 0 Å². The van der Waals surface area contributed by atoms with E-state index >= 15 is 0 Å². The molecule has 1 aromatic rings. The maximum Gasteiger partial charge on any atom is 1.00 e. The average molecular weight is 232 g/mol. The van der Waals surface area contributed by atoms with Crippen molar-refractivity contribution >= 4 is 33.9 Å². The fourth-order valence-electron chi connectivity index (χ4n) is 0.224. The monoisotopic (exact) mass is 232 g/mol. The van der Waals surface area contributed by atoms with Gasteiger partial charge in [0.15, 0.2) is 0 Å². The Bertz CT molecular complexity index is 115. The van der Waals surface area contributed by atoms with E-state index in [1.54, 1.807) is 11.3 Å². The summed E-state index contributed by atoms with van der Waals surface area (Å²) in [6.07, 6.45) is 0. The maximum atomic E-state index is 2.96. The van der Waals surface area contributed by atoms with Gasteiger partial charge in [0.05, 0.1) is 0 Å². The molecular formula is C4H2INaS. The van der Waals surface area contributed by atoms with Crippen molar-refractivity contribution in [2.75, 3.05) is 0 Å². The van der Waals surface area contributed by atoms with Gasteiger partial charge in [-0.05, 0) is 0 Å². The van der Waals surface area contributed by atoms with Gasteiger partial charge in [0.2, 0.25) is 0 Å². The summed E-state index contributed by atoms with van der Waals surface area (Å²) in [5.74, 6) is 0. The normalized spacial score (nSPS) is 7.57. The minimum absolute atomic E-state index is 0. The molecule has 7 heavy (non-hydrogen) atoms. The quantitative estimate of drug-likeness (QED) is 0.311. The topological polar surface area (TPSA) is 0 Å². The van der Waals surface area contributed by atoms with Gasteiger partial charge in [-0.15, -0.1) is 28.0 Å². The SMILES string of the molecule is Ic1cc[c-]s1.[Na+]. The van der Waals surface area contributed by atoms with Crippen molar-refractivity contribution in [3.63, 3.8) is 0 Å². The zero-order chi connectivity index (χ0) is 4.41. The van der Waals surface area contributed by atoms with Gasteiger partial charge in [0.25, 0.3) is 0 Å². The van der Waals surface area contributed by atoms with Crippen LogP contribution < -0.4 is 29.6 Å². The standard InChI is InChI=1S/C4H2IS.Na/c5-4-2-1-3-6-4;/h1-2H;/q-1;+1. The maximum absolute atomic E-state index is 2.96. The van der Waals surface area contributed by atoms with Gasteiger partial charge in [-0.2, -0.15) is 12.1 Å². The second-order valence-electron chi connectivity index (χ2n) is 0.857. The van der Waals surface area contributed by atoms with Crippen LogP contribution in [0.3, 0.4) is 0 Å². The van der Waals surface area contributed by atoms with E-state index in [1.165, 1.54) is 2.88 Å². The molecule has 0 aromatic carbocycles. The van der Waals surface area contributed by atoms with E-state index in [2.05, 4.69) is 28.0 Å². The third-order valence-electron chi connectivity index (χ3n) is 0.439. The Morgan fingerprint density at radius 2 is 2.43 bits per heavy atom. The van der Waals surface area contributed by atoms with Crippen LogP contribution in [0.4, 0.5) is 0 Å². The van der Waals surface area contributed by atoms with E-state index in [9.17, 15) is 0 Å². The number of hydrogen-bond donors (Lipinski definition) is 0. The predicted octanol–water partition coefficient (Wildman–Crippen LogP) is -0.843. The van der Waals surface area contributed by atoms with Gasteiger partial charge >= 0.3 is 29.6 Å². The van der Waals surface area contributed by atoms with E-state index in [1.807, 2.05) is 12.1 Å². The van der Waals surface area contributed by atoms with Crippen molar-refractivity contribution < 1.29 is 29.6 Å². The van der Waals surface area contributed by atoms with Gasteiger partial charge in [-0.1, -0.05) is 2.88 Å². The molecule has 0 aliphatic carbocycles.